The standard InChI is InChI=1S/C16H10F4N2O3/c17-12-2-1-9(7-11(12)16(18,19)20)10-3-4-21-5-6-22(8-13(23)24)15(25)14(10)21/h1-7H,8H2,(H,23,24). The van der Waals surface area contributed by atoms with Crippen molar-refractivity contribution in [2.75, 3.05) is 0 Å². The first-order valence-electron chi connectivity index (χ1n) is 6.97. The molecule has 3 rings (SSSR count). The molecule has 130 valence electrons. The van der Waals surface area contributed by atoms with Crippen LogP contribution < -0.4 is 5.56 Å². The number of carboxylic acid groups (broad SMARTS) is 1. The van der Waals surface area contributed by atoms with Gasteiger partial charge >= 0.3 is 12.1 Å². The van der Waals surface area contributed by atoms with E-state index in [9.17, 15) is 27.2 Å². The Morgan fingerprint density at radius 1 is 1.12 bits per heavy atom. The molecule has 0 saturated carbocycles. The molecule has 2 heterocycles. The number of rotatable bonds is 3. The molecule has 25 heavy (non-hydrogen) atoms. The lowest BCUT2D eigenvalue weighted by molar-refractivity contribution is -0.140. The van der Waals surface area contributed by atoms with Gasteiger partial charge in [-0.15, -0.1) is 0 Å². The van der Waals surface area contributed by atoms with Crippen molar-refractivity contribution in [3.8, 4) is 11.1 Å². The maximum atomic E-state index is 13.5. The van der Waals surface area contributed by atoms with Crippen molar-refractivity contribution in [3.05, 3.63) is 64.6 Å². The molecule has 5 nitrogen and oxygen atoms in total. The third kappa shape index (κ3) is 3.00. The quantitative estimate of drug-likeness (QED) is 0.736. The molecule has 0 radical (unpaired) electrons. The summed E-state index contributed by atoms with van der Waals surface area (Å²) in [6.45, 7) is -0.586. The van der Waals surface area contributed by atoms with Gasteiger partial charge in [-0.25, -0.2) is 4.39 Å². The van der Waals surface area contributed by atoms with Crippen molar-refractivity contribution in [3.63, 3.8) is 0 Å². The Kier molecular flexibility index (Phi) is 3.86. The molecule has 0 saturated heterocycles. The summed E-state index contributed by atoms with van der Waals surface area (Å²) in [5.74, 6) is -2.65. The number of carboxylic acids is 1. The number of carbonyl (C=O) groups is 1. The topological polar surface area (TPSA) is 63.7 Å². The molecule has 0 bridgehead atoms. The van der Waals surface area contributed by atoms with Gasteiger partial charge in [-0.2, -0.15) is 13.2 Å². The number of benzene rings is 1. The Morgan fingerprint density at radius 3 is 2.48 bits per heavy atom. The van der Waals surface area contributed by atoms with Crippen LogP contribution >= 0.6 is 0 Å². The van der Waals surface area contributed by atoms with E-state index in [0.29, 0.717) is 12.1 Å². The molecule has 1 aromatic carbocycles. The zero-order valence-corrected chi connectivity index (χ0v) is 12.4. The van der Waals surface area contributed by atoms with Crippen molar-refractivity contribution in [1.29, 1.82) is 0 Å². The molecular weight excluding hydrogens is 344 g/mol. The van der Waals surface area contributed by atoms with E-state index < -0.39 is 35.6 Å². The number of halogens is 4. The van der Waals surface area contributed by atoms with E-state index in [0.717, 1.165) is 10.6 Å². The van der Waals surface area contributed by atoms with E-state index in [-0.39, 0.29) is 16.6 Å². The highest BCUT2D eigenvalue weighted by atomic mass is 19.4. The molecule has 0 amide bonds. The Morgan fingerprint density at radius 2 is 1.84 bits per heavy atom. The number of fused-ring (bicyclic) bond motifs is 1. The monoisotopic (exact) mass is 354 g/mol. The van der Waals surface area contributed by atoms with Gasteiger partial charge in [-0.3, -0.25) is 9.59 Å². The van der Waals surface area contributed by atoms with Gasteiger partial charge in [-0.05, 0) is 23.8 Å². The first-order valence-corrected chi connectivity index (χ1v) is 6.97. The minimum Gasteiger partial charge on any atom is -0.480 e. The lowest BCUT2D eigenvalue weighted by Gasteiger charge is -2.10. The van der Waals surface area contributed by atoms with Gasteiger partial charge < -0.3 is 14.1 Å². The van der Waals surface area contributed by atoms with Crippen molar-refractivity contribution in [1.82, 2.24) is 8.97 Å². The van der Waals surface area contributed by atoms with Crippen LogP contribution in [-0.2, 0) is 17.5 Å². The average molecular weight is 354 g/mol. The second-order valence-electron chi connectivity index (χ2n) is 5.30. The van der Waals surface area contributed by atoms with E-state index in [1.807, 2.05) is 0 Å². The van der Waals surface area contributed by atoms with Gasteiger partial charge in [0.25, 0.3) is 5.56 Å². The highest BCUT2D eigenvalue weighted by Gasteiger charge is 2.34. The molecule has 0 fully saturated rings. The lowest BCUT2D eigenvalue weighted by Crippen LogP contribution is -2.24. The lowest BCUT2D eigenvalue weighted by atomic mass is 10.0. The Labute approximate surface area is 137 Å². The van der Waals surface area contributed by atoms with Crippen LogP contribution in [0.15, 0.2) is 47.7 Å². The minimum absolute atomic E-state index is 0.00130. The number of alkyl halides is 3. The highest BCUT2D eigenvalue weighted by molar-refractivity contribution is 5.81. The van der Waals surface area contributed by atoms with E-state index in [1.165, 1.54) is 29.1 Å². The van der Waals surface area contributed by atoms with Crippen molar-refractivity contribution in [2.24, 2.45) is 0 Å². The van der Waals surface area contributed by atoms with E-state index >= 15 is 0 Å². The van der Waals surface area contributed by atoms with Crippen molar-refractivity contribution < 1.29 is 27.5 Å². The fourth-order valence-corrected chi connectivity index (χ4v) is 2.57. The smallest absolute Gasteiger partial charge is 0.419 e. The normalized spacial score (nSPS) is 11.8. The largest absolute Gasteiger partial charge is 0.480 e. The Hall–Kier alpha value is -3.10. The predicted molar refractivity (Wildman–Crippen MR) is 79.7 cm³/mol. The van der Waals surface area contributed by atoms with Crippen LogP contribution in [0.25, 0.3) is 16.6 Å². The van der Waals surface area contributed by atoms with E-state index in [1.54, 1.807) is 0 Å². The molecule has 2 aromatic heterocycles. The van der Waals surface area contributed by atoms with Gasteiger partial charge in [0.05, 0.1) is 5.56 Å². The summed E-state index contributed by atoms with van der Waals surface area (Å²) in [5.41, 5.74) is -1.96. The summed E-state index contributed by atoms with van der Waals surface area (Å²) in [4.78, 5) is 23.3. The van der Waals surface area contributed by atoms with Crippen LogP contribution in [-0.4, -0.2) is 20.0 Å². The first kappa shape index (κ1) is 16.7. The van der Waals surface area contributed by atoms with Crippen LogP contribution in [0.1, 0.15) is 5.56 Å². The van der Waals surface area contributed by atoms with Crippen LogP contribution in [0.2, 0.25) is 0 Å². The second-order valence-corrected chi connectivity index (χ2v) is 5.30. The molecule has 0 atom stereocenters. The molecule has 0 aliphatic carbocycles. The summed E-state index contributed by atoms with van der Waals surface area (Å²) < 4.78 is 54.4. The fourth-order valence-electron chi connectivity index (χ4n) is 2.57. The number of aromatic nitrogens is 2. The van der Waals surface area contributed by atoms with E-state index in [4.69, 9.17) is 5.11 Å². The predicted octanol–water partition coefficient (Wildman–Crippen LogP) is 3.01. The number of hydrogen-bond donors (Lipinski definition) is 1. The van der Waals surface area contributed by atoms with Gasteiger partial charge in [0.1, 0.15) is 17.9 Å². The summed E-state index contributed by atoms with van der Waals surface area (Å²) >= 11 is 0. The number of nitrogens with zero attached hydrogens (tertiary/aromatic N) is 2. The minimum atomic E-state index is -4.88. The third-order valence-corrected chi connectivity index (χ3v) is 3.67. The molecule has 0 spiro atoms. The van der Waals surface area contributed by atoms with Crippen LogP contribution in [0.5, 0.6) is 0 Å². The summed E-state index contributed by atoms with van der Waals surface area (Å²) in [7, 11) is 0. The molecule has 0 unspecified atom stereocenters. The summed E-state index contributed by atoms with van der Waals surface area (Å²) in [6, 6.07) is 3.85. The van der Waals surface area contributed by atoms with Gasteiger partial charge in [0.2, 0.25) is 0 Å². The Bertz CT molecular complexity index is 1030. The molecule has 0 aliphatic rings. The molecule has 3 aromatic rings. The maximum absolute atomic E-state index is 13.5. The number of aliphatic carboxylic acids is 1. The van der Waals surface area contributed by atoms with Crippen LogP contribution in [0, 0.1) is 5.82 Å². The first-order chi connectivity index (χ1) is 11.7. The van der Waals surface area contributed by atoms with E-state index in [2.05, 4.69) is 0 Å². The zero-order chi connectivity index (χ0) is 18.4. The number of hydrogen-bond acceptors (Lipinski definition) is 2. The van der Waals surface area contributed by atoms with Gasteiger partial charge in [0.15, 0.2) is 0 Å². The maximum Gasteiger partial charge on any atom is 0.419 e. The van der Waals surface area contributed by atoms with Gasteiger partial charge in [-0.1, -0.05) is 6.07 Å². The zero-order valence-electron chi connectivity index (χ0n) is 12.4. The van der Waals surface area contributed by atoms with Crippen LogP contribution in [0.3, 0.4) is 0 Å². The fraction of sp³-hybridized carbons (Fsp3) is 0.125. The third-order valence-electron chi connectivity index (χ3n) is 3.67. The molecular formula is C16H10F4N2O3. The average Bonchev–Trinajstić information content (AvgIpc) is 2.94. The Balaban J connectivity index is 2.23. The van der Waals surface area contributed by atoms with Crippen molar-refractivity contribution >= 4 is 11.5 Å². The van der Waals surface area contributed by atoms with Crippen LogP contribution in [0.4, 0.5) is 17.6 Å². The SMILES string of the molecule is O=C(O)Cn1ccn2ccc(-c3ccc(F)c(C(F)(F)F)c3)c2c1=O. The molecule has 0 aliphatic heterocycles. The highest BCUT2D eigenvalue weighted by Crippen LogP contribution is 2.35. The van der Waals surface area contributed by atoms with Gasteiger partial charge in [0, 0.05) is 24.2 Å². The summed E-state index contributed by atoms with van der Waals surface area (Å²) in [5, 5.41) is 8.82. The second kappa shape index (κ2) is 5.76. The van der Waals surface area contributed by atoms with Crippen molar-refractivity contribution in [2.45, 2.75) is 12.7 Å². The molecule has 9 heteroatoms. The molecule has 1 N–H and O–H groups in total. The summed E-state index contributed by atoms with van der Waals surface area (Å²) in [6.07, 6.45) is -0.747.